The molecule has 3 rings (SSSR count). The van der Waals surface area contributed by atoms with Crippen LogP contribution in [0, 0.1) is 26.6 Å². The SMILES string of the molecule is Cc1cc(C)c(-c2csc(NC(=O)COc3ccc(F)cc3)n2)cc1C. The first-order valence-electron chi connectivity index (χ1n) is 8.14. The summed E-state index contributed by atoms with van der Waals surface area (Å²) in [6, 6.07) is 9.78. The maximum absolute atomic E-state index is 12.8. The van der Waals surface area contributed by atoms with E-state index in [4.69, 9.17) is 4.74 Å². The van der Waals surface area contributed by atoms with Crippen molar-refractivity contribution in [2.45, 2.75) is 20.8 Å². The van der Waals surface area contributed by atoms with Crippen LogP contribution in [0.3, 0.4) is 0 Å². The van der Waals surface area contributed by atoms with Crippen LogP contribution < -0.4 is 10.1 Å². The van der Waals surface area contributed by atoms with Gasteiger partial charge >= 0.3 is 0 Å². The zero-order chi connectivity index (χ0) is 18.7. The smallest absolute Gasteiger partial charge is 0.264 e. The molecule has 0 aliphatic rings. The van der Waals surface area contributed by atoms with E-state index >= 15 is 0 Å². The molecule has 1 amide bonds. The van der Waals surface area contributed by atoms with Crippen molar-refractivity contribution >= 4 is 22.4 Å². The highest BCUT2D eigenvalue weighted by Crippen LogP contribution is 2.29. The average Bonchev–Trinajstić information content (AvgIpc) is 3.06. The van der Waals surface area contributed by atoms with Gasteiger partial charge in [0.25, 0.3) is 5.91 Å². The lowest BCUT2D eigenvalue weighted by atomic mass is 9.99. The number of hydrogen-bond acceptors (Lipinski definition) is 4. The number of nitrogens with one attached hydrogen (secondary N) is 1. The first-order chi connectivity index (χ1) is 12.4. The van der Waals surface area contributed by atoms with Gasteiger partial charge in [-0.1, -0.05) is 6.07 Å². The van der Waals surface area contributed by atoms with Gasteiger partial charge in [0.2, 0.25) is 0 Å². The fourth-order valence-corrected chi connectivity index (χ4v) is 3.25. The Bertz CT molecular complexity index is 935. The number of anilines is 1. The topological polar surface area (TPSA) is 51.2 Å². The second kappa shape index (κ2) is 7.66. The van der Waals surface area contributed by atoms with Gasteiger partial charge in [-0.05, 0) is 67.8 Å². The summed E-state index contributed by atoms with van der Waals surface area (Å²) in [5, 5.41) is 5.17. The quantitative estimate of drug-likeness (QED) is 0.695. The lowest BCUT2D eigenvalue weighted by molar-refractivity contribution is -0.118. The van der Waals surface area contributed by atoms with Crippen molar-refractivity contribution in [2.24, 2.45) is 0 Å². The third-order valence-electron chi connectivity index (χ3n) is 4.05. The van der Waals surface area contributed by atoms with Gasteiger partial charge in [0.05, 0.1) is 5.69 Å². The van der Waals surface area contributed by atoms with Gasteiger partial charge in [-0.15, -0.1) is 11.3 Å². The molecule has 134 valence electrons. The second-order valence-corrected chi connectivity index (χ2v) is 6.94. The fraction of sp³-hybridized carbons (Fsp3) is 0.200. The number of benzene rings is 2. The third kappa shape index (κ3) is 4.26. The molecule has 0 aliphatic carbocycles. The molecule has 1 N–H and O–H groups in total. The van der Waals surface area contributed by atoms with Crippen LogP contribution in [0.2, 0.25) is 0 Å². The fourth-order valence-electron chi connectivity index (χ4n) is 2.53. The van der Waals surface area contributed by atoms with E-state index in [-0.39, 0.29) is 18.3 Å². The van der Waals surface area contributed by atoms with E-state index in [0.29, 0.717) is 10.9 Å². The van der Waals surface area contributed by atoms with Crippen molar-refractivity contribution in [1.29, 1.82) is 0 Å². The van der Waals surface area contributed by atoms with E-state index in [1.807, 2.05) is 5.38 Å². The second-order valence-electron chi connectivity index (χ2n) is 6.08. The molecule has 4 nitrogen and oxygen atoms in total. The number of halogens is 1. The molecule has 0 aliphatic heterocycles. The minimum absolute atomic E-state index is 0.163. The molecule has 6 heteroatoms. The van der Waals surface area contributed by atoms with Crippen LogP contribution in [-0.2, 0) is 4.79 Å². The highest BCUT2D eigenvalue weighted by molar-refractivity contribution is 7.14. The van der Waals surface area contributed by atoms with Crippen molar-refractivity contribution in [2.75, 3.05) is 11.9 Å². The summed E-state index contributed by atoms with van der Waals surface area (Å²) < 4.78 is 18.2. The van der Waals surface area contributed by atoms with E-state index in [1.54, 1.807) is 0 Å². The maximum Gasteiger partial charge on any atom is 0.264 e. The van der Waals surface area contributed by atoms with Crippen LogP contribution in [0.5, 0.6) is 5.75 Å². The molecule has 0 atom stereocenters. The molecule has 2 aromatic carbocycles. The highest BCUT2D eigenvalue weighted by Gasteiger charge is 2.11. The molecule has 0 radical (unpaired) electrons. The zero-order valence-electron chi connectivity index (χ0n) is 14.8. The summed E-state index contributed by atoms with van der Waals surface area (Å²) in [7, 11) is 0. The summed E-state index contributed by atoms with van der Waals surface area (Å²) in [5.74, 6) is -0.224. The average molecular weight is 370 g/mol. The minimum atomic E-state index is -0.348. The third-order valence-corrected chi connectivity index (χ3v) is 4.81. The van der Waals surface area contributed by atoms with Crippen LogP contribution in [-0.4, -0.2) is 17.5 Å². The predicted molar refractivity (Wildman–Crippen MR) is 102 cm³/mol. The number of amides is 1. The van der Waals surface area contributed by atoms with Gasteiger partial charge in [-0.3, -0.25) is 10.1 Å². The molecule has 0 fully saturated rings. The minimum Gasteiger partial charge on any atom is -0.484 e. The number of rotatable bonds is 5. The van der Waals surface area contributed by atoms with Gasteiger partial charge in [0.1, 0.15) is 11.6 Å². The standard InChI is InChI=1S/C20H19FN2O2S/c1-12-8-14(3)17(9-13(12)2)18-11-26-20(22-18)23-19(24)10-25-16-6-4-15(21)5-7-16/h4-9,11H,10H2,1-3H3,(H,22,23,24). The Morgan fingerprint density at radius 3 is 2.54 bits per heavy atom. The molecule has 1 aromatic heterocycles. The van der Waals surface area contributed by atoms with Crippen LogP contribution in [0.1, 0.15) is 16.7 Å². The number of hydrogen-bond donors (Lipinski definition) is 1. The molecule has 0 unspecified atom stereocenters. The van der Waals surface area contributed by atoms with Gasteiger partial charge in [0.15, 0.2) is 11.7 Å². The number of ether oxygens (including phenoxy) is 1. The first kappa shape index (κ1) is 18.1. The van der Waals surface area contributed by atoms with Gasteiger partial charge < -0.3 is 4.74 Å². The van der Waals surface area contributed by atoms with Crippen LogP contribution in [0.4, 0.5) is 9.52 Å². The number of thiazole rings is 1. The Hall–Kier alpha value is -2.73. The van der Waals surface area contributed by atoms with E-state index in [2.05, 4.69) is 43.2 Å². The molecule has 0 saturated heterocycles. The molecule has 0 bridgehead atoms. The Morgan fingerprint density at radius 1 is 1.12 bits per heavy atom. The van der Waals surface area contributed by atoms with E-state index in [9.17, 15) is 9.18 Å². The summed E-state index contributed by atoms with van der Waals surface area (Å²) >= 11 is 1.37. The summed E-state index contributed by atoms with van der Waals surface area (Å²) in [6.07, 6.45) is 0. The van der Waals surface area contributed by atoms with Crippen molar-refractivity contribution in [3.63, 3.8) is 0 Å². The Morgan fingerprint density at radius 2 is 1.81 bits per heavy atom. The van der Waals surface area contributed by atoms with E-state index in [1.165, 1.54) is 46.7 Å². The van der Waals surface area contributed by atoms with E-state index < -0.39 is 0 Å². The van der Waals surface area contributed by atoms with Crippen molar-refractivity contribution in [3.8, 4) is 17.0 Å². The van der Waals surface area contributed by atoms with Gasteiger partial charge in [-0.25, -0.2) is 9.37 Å². The monoisotopic (exact) mass is 370 g/mol. The molecule has 1 heterocycles. The Labute approximate surface area is 155 Å². The lowest BCUT2D eigenvalue weighted by Crippen LogP contribution is -2.20. The van der Waals surface area contributed by atoms with Crippen molar-refractivity contribution < 1.29 is 13.9 Å². The van der Waals surface area contributed by atoms with Crippen LogP contribution in [0.15, 0.2) is 41.8 Å². The first-order valence-corrected chi connectivity index (χ1v) is 9.02. The largest absolute Gasteiger partial charge is 0.484 e. The number of aromatic nitrogens is 1. The number of nitrogens with zero attached hydrogens (tertiary/aromatic N) is 1. The maximum atomic E-state index is 12.8. The molecule has 26 heavy (non-hydrogen) atoms. The molecule has 0 spiro atoms. The Balaban J connectivity index is 1.64. The van der Waals surface area contributed by atoms with Crippen molar-refractivity contribution in [1.82, 2.24) is 4.98 Å². The summed E-state index contributed by atoms with van der Waals surface area (Å²) in [6.45, 7) is 6.04. The van der Waals surface area contributed by atoms with Crippen molar-refractivity contribution in [3.05, 3.63) is 64.3 Å². The Kier molecular flexibility index (Phi) is 5.32. The molecular weight excluding hydrogens is 351 g/mol. The molecular formula is C20H19FN2O2S. The summed E-state index contributed by atoms with van der Waals surface area (Å²) in [4.78, 5) is 16.5. The molecule has 0 saturated carbocycles. The molecule has 3 aromatic rings. The van der Waals surface area contributed by atoms with E-state index in [0.717, 1.165) is 16.8 Å². The zero-order valence-corrected chi connectivity index (χ0v) is 15.6. The summed E-state index contributed by atoms with van der Waals surface area (Å²) in [5.41, 5.74) is 5.50. The number of carbonyl (C=O) groups excluding carboxylic acids is 1. The van der Waals surface area contributed by atoms with Gasteiger partial charge in [0, 0.05) is 10.9 Å². The lowest BCUT2D eigenvalue weighted by Gasteiger charge is -2.07. The predicted octanol–water partition coefficient (Wildman–Crippen LogP) is 4.89. The van der Waals surface area contributed by atoms with Gasteiger partial charge in [-0.2, -0.15) is 0 Å². The van der Waals surface area contributed by atoms with Crippen LogP contribution >= 0.6 is 11.3 Å². The normalized spacial score (nSPS) is 10.6. The highest BCUT2D eigenvalue weighted by atomic mass is 32.1. The van der Waals surface area contributed by atoms with Crippen LogP contribution in [0.25, 0.3) is 11.3 Å². The number of aryl methyl sites for hydroxylation is 3. The number of carbonyl (C=O) groups is 1.